The summed E-state index contributed by atoms with van der Waals surface area (Å²) in [5.41, 5.74) is -0.596. The molecule has 0 unspecified atom stereocenters. The van der Waals surface area contributed by atoms with Gasteiger partial charge in [0.15, 0.2) is 0 Å². The van der Waals surface area contributed by atoms with Crippen molar-refractivity contribution in [1.29, 1.82) is 0 Å². The first-order valence-electron chi connectivity index (χ1n) is 9.28. The molecule has 11 nitrogen and oxygen atoms in total. The molecule has 0 rings (SSSR count). The smallest absolute Gasteiger partial charge is 0.407 e. The van der Waals surface area contributed by atoms with Crippen LogP contribution in [0.25, 0.3) is 0 Å². The first-order chi connectivity index (χ1) is 13.3. The van der Waals surface area contributed by atoms with Crippen molar-refractivity contribution < 1.29 is 38.9 Å². The molecule has 0 saturated carbocycles. The van der Waals surface area contributed by atoms with Gasteiger partial charge in [-0.3, -0.25) is 14.4 Å². The summed E-state index contributed by atoms with van der Waals surface area (Å²) in [5.74, 6) is -3.57. The molecule has 0 heterocycles. The Morgan fingerprint density at radius 1 is 1.07 bits per heavy atom. The zero-order valence-electron chi connectivity index (χ0n) is 17.3. The van der Waals surface area contributed by atoms with Crippen molar-refractivity contribution in [2.45, 2.75) is 65.0 Å². The molecule has 166 valence electrons. The Balaban J connectivity index is 4.38. The fraction of sp³-hybridized carbons (Fsp3) is 0.722. The fourth-order valence-corrected chi connectivity index (χ4v) is 2.22. The van der Waals surface area contributed by atoms with Gasteiger partial charge in [-0.1, -0.05) is 0 Å². The van der Waals surface area contributed by atoms with Crippen LogP contribution in [0, 0.1) is 0 Å². The highest BCUT2D eigenvalue weighted by molar-refractivity contribution is 5.87. The van der Waals surface area contributed by atoms with E-state index in [-0.39, 0.29) is 25.4 Å². The average molecular weight is 417 g/mol. The Labute approximate surface area is 169 Å². The van der Waals surface area contributed by atoms with Crippen LogP contribution in [0.15, 0.2) is 0 Å². The van der Waals surface area contributed by atoms with E-state index < -0.39 is 42.0 Å². The van der Waals surface area contributed by atoms with Crippen LogP contribution in [0.1, 0.15) is 53.4 Å². The molecular formula is C18H31N3O8. The number of nitrogens with one attached hydrogen (secondary N) is 2. The fourth-order valence-electron chi connectivity index (χ4n) is 2.22. The molecule has 0 aliphatic rings. The van der Waals surface area contributed by atoms with E-state index in [9.17, 15) is 24.0 Å². The summed E-state index contributed by atoms with van der Waals surface area (Å²) >= 11 is 0. The third kappa shape index (κ3) is 13.9. The van der Waals surface area contributed by atoms with Crippen LogP contribution in [0.2, 0.25) is 0 Å². The van der Waals surface area contributed by atoms with Crippen molar-refractivity contribution in [1.82, 2.24) is 15.5 Å². The van der Waals surface area contributed by atoms with E-state index in [2.05, 4.69) is 10.6 Å². The number of alkyl carbamates (subject to hydrolysis) is 1. The van der Waals surface area contributed by atoms with Gasteiger partial charge in [0.25, 0.3) is 0 Å². The number of unbranched alkanes of at least 4 members (excludes halogenated alkanes) is 1. The molecule has 4 N–H and O–H groups in total. The Kier molecular flexibility index (Phi) is 11.3. The first kappa shape index (κ1) is 26.1. The van der Waals surface area contributed by atoms with E-state index in [1.54, 1.807) is 20.8 Å². The minimum absolute atomic E-state index is 0.242. The minimum atomic E-state index is -1.35. The van der Waals surface area contributed by atoms with E-state index in [0.717, 1.165) is 0 Å². The van der Waals surface area contributed by atoms with Gasteiger partial charge in [-0.25, -0.2) is 9.59 Å². The zero-order valence-corrected chi connectivity index (χ0v) is 17.3. The standard InChI is InChI=1S/C18H31N3O8/c1-12(22)21(10-6-5-9-19-17(28)29-18(2,3)4)11-14(23)20-13(16(26)27)7-8-15(24)25/h13H,5-11H2,1-4H3,(H,19,28)(H,20,23)(H,24,25)(H,26,27)/t13-/m0/s1. The van der Waals surface area contributed by atoms with Crippen molar-refractivity contribution >= 4 is 29.8 Å². The lowest BCUT2D eigenvalue weighted by molar-refractivity contribution is -0.143. The van der Waals surface area contributed by atoms with Crippen molar-refractivity contribution in [3.63, 3.8) is 0 Å². The predicted molar refractivity (Wildman–Crippen MR) is 102 cm³/mol. The second kappa shape index (κ2) is 12.6. The Morgan fingerprint density at radius 3 is 2.17 bits per heavy atom. The van der Waals surface area contributed by atoms with E-state index in [1.807, 2.05) is 0 Å². The molecule has 0 spiro atoms. The van der Waals surface area contributed by atoms with Crippen LogP contribution in [0.4, 0.5) is 4.79 Å². The molecule has 1 atom stereocenters. The van der Waals surface area contributed by atoms with Gasteiger partial charge in [-0.15, -0.1) is 0 Å². The van der Waals surface area contributed by atoms with Crippen LogP contribution in [0.3, 0.4) is 0 Å². The Hall–Kier alpha value is -2.85. The van der Waals surface area contributed by atoms with E-state index in [1.165, 1.54) is 11.8 Å². The molecule has 3 amide bonds. The third-order valence-corrected chi connectivity index (χ3v) is 3.58. The van der Waals surface area contributed by atoms with E-state index in [0.29, 0.717) is 19.4 Å². The highest BCUT2D eigenvalue weighted by Crippen LogP contribution is 2.06. The maximum absolute atomic E-state index is 12.0. The lowest BCUT2D eigenvalue weighted by Gasteiger charge is -2.22. The van der Waals surface area contributed by atoms with E-state index >= 15 is 0 Å². The number of amides is 3. The largest absolute Gasteiger partial charge is 0.481 e. The molecule has 0 aromatic carbocycles. The monoisotopic (exact) mass is 417 g/mol. The van der Waals surface area contributed by atoms with Gasteiger partial charge in [0.1, 0.15) is 11.6 Å². The topological polar surface area (TPSA) is 162 Å². The van der Waals surface area contributed by atoms with E-state index in [4.69, 9.17) is 14.9 Å². The third-order valence-electron chi connectivity index (χ3n) is 3.58. The summed E-state index contributed by atoms with van der Waals surface area (Å²) in [4.78, 5) is 58.2. The molecular weight excluding hydrogens is 386 g/mol. The minimum Gasteiger partial charge on any atom is -0.481 e. The lowest BCUT2D eigenvalue weighted by Crippen LogP contribution is -2.47. The summed E-state index contributed by atoms with van der Waals surface area (Å²) in [5, 5.41) is 22.5. The number of carbonyl (C=O) groups excluding carboxylic acids is 3. The number of aliphatic carboxylic acids is 2. The van der Waals surface area contributed by atoms with Crippen LogP contribution in [-0.4, -0.2) is 76.2 Å². The maximum atomic E-state index is 12.0. The molecule has 0 radical (unpaired) electrons. The van der Waals surface area contributed by atoms with Crippen LogP contribution >= 0.6 is 0 Å². The summed E-state index contributed by atoms with van der Waals surface area (Å²) < 4.78 is 5.09. The molecule has 0 aliphatic carbocycles. The number of hydrogen-bond acceptors (Lipinski definition) is 6. The first-order valence-corrected chi connectivity index (χ1v) is 9.28. The number of nitrogens with zero attached hydrogens (tertiary/aromatic N) is 1. The zero-order chi connectivity index (χ0) is 22.6. The van der Waals surface area contributed by atoms with Gasteiger partial charge in [0, 0.05) is 26.4 Å². The Morgan fingerprint density at radius 2 is 1.69 bits per heavy atom. The SMILES string of the molecule is CC(=O)N(CCCCNC(=O)OC(C)(C)C)CC(=O)N[C@@H](CCC(=O)O)C(=O)O. The summed E-state index contributed by atoms with van der Waals surface area (Å²) in [6, 6.07) is -1.34. The second-order valence-electron chi connectivity index (χ2n) is 7.47. The van der Waals surface area contributed by atoms with Crippen molar-refractivity contribution in [2.75, 3.05) is 19.6 Å². The second-order valence-corrected chi connectivity index (χ2v) is 7.47. The van der Waals surface area contributed by atoms with Gasteiger partial charge in [0.2, 0.25) is 11.8 Å². The van der Waals surface area contributed by atoms with Gasteiger partial charge in [-0.05, 0) is 40.0 Å². The van der Waals surface area contributed by atoms with Crippen molar-refractivity contribution in [3.05, 3.63) is 0 Å². The molecule has 0 aromatic rings. The number of carboxylic acids is 2. The number of hydrogen-bond donors (Lipinski definition) is 4. The molecule has 0 aromatic heterocycles. The predicted octanol–water partition coefficient (Wildman–Crippen LogP) is 0.574. The number of carboxylic acid groups (broad SMARTS) is 2. The molecule has 0 aliphatic heterocycles. The summed E-state index contributed by atoms with van der Waals surface area (Å²) in [6.07, 6.45) is -0.155. The van der Waals surface area contributed by atoms with Gasteiger partial charge >= 0.3 is 18.0 Å². The van der Waals surface area contributed by atoms with Crippen LogP contribution in [0.5, 0.6) is 0 Å². The summed E-state index contributed by atoms with van der Waals surface area (Å²) in [6.45, 7) is 6.77. The quantitative estimate of drug-likeness (QED) is 0.335. The average Bonchev–Trinajstić information content (AvgIpc) is 2.54. The van der Waals surface area contributed by atoms with Gasteiger partial charge in [0.05, 0.1) is 6.54 Å². The molecule has 0 saturated heterocycles. The maximum Gasteiger partial charge on any atom is 0.407 e. The van der Waals surface area contributed by atoms with Crippen LogP contribution < -0.4 is 10.6 Å². The summed E-state index contributed by atoms with van der Waals surface area (Å²) in [7, 11) is 0. The van der Waals surface area contributed by atoms with Gasteiger partial charge < -0.3 is 30.5 Å². The highest BCUT2D eigenvalue weighted by atomic mass is 16.6. The van der Waals surface area contributed by atoms with Gasteiger partial charge in [-0.2, -0.15) is 0 Å². The number of rotatable bonds is 12. The molecule has 11 heteroatoms. The molecule has 0 fully saturated rings. The number of carbonyl (C=O) groups is 5. The Bertz CT molecular complexity index is 600. The number of ether oxygens (including phenoxy) is 1. The lowest BCUT2D eigenvalue weighted by atomic mass is 10.1. The highest BCUT2D eigenvalue weighted by Gasteiger charge is 2.22. The van der Waals surface area contributed by atoms with Crippen molar-refractivity contribution in [2.24, 2.45) is 0 Å². The molecule has 0 bridgehead atoms. The molecule has 29 heavy (non-hydrogen) atoms. The van der Waals surface area contributed by atoms with Crippen molar-refractivity contribution in [3.8, 4) is 0 Å². The normalized spacial score (nSPS) is 11.9. The van der Waals surface area contributed by atoms with Crippen LogP contribution in [-0.2, 0) is 23.9 Å².